The first-order valence-electron chi connectivity index (χ1n) is 7.35. The van der Waals surface area contributed by atoms with E-state index in [1.54, 1.807) is 0 Å². The molecule has 2 aliphatic rings. The van der Waals surface area contributed by atoms with Crippen LogP contribution in [0.4, 0.5) is 0 Å². The standard InChI is InChI=1S/C14H23BrN4/c1-3-11-14(15)13(18(2)17-11)9-19-7-6-16-8-12(19)10-4-5-10/h10,12,16H,3-9H2,1-2H3. The number of rotatable bonds is 4. The molecule has 1 aromatic rings. The number of piperazine rings is 1. The van der Waals surface area contributed by atoms with Crippen LogP contribution in [-0.2, 0) is 20.0 Å². The van der Waals surface area contributed by atoms with Crippen LogP contribution in [0.1, 0.15) is 31.2 Å². The Labute approximate surface area is 123 Å². The number of hydrogen-bond acceptors (Lipinski definition) is 3. The molecule has 0 amide bonds. The zero-order valence-corrected chi connectivity index (χ0v) is 13.4. The maximum absolute atomic E-state index is 4.61. The van der Waals surface area contributed by atoms with E-state index in [-0.39, 0.29) is 0 Å². The summed E-state index contributed by atoms with van der Waals surface area (Å²) in [7, 11) is 2.06. The predicted octanol–water partition coefficient (Wildman–Crippen LogP) is 1.93. The highest BCUT2D eigenvalue weighted by Crippen LogP contribution is 2.36. The summed E-state index contributed by atoms with van der Waals surface area (Å²) in [6.45, 7) is 6.60. The largest absolute Gasteiger partial charge is 0.314 e. The number of halogens is 1. The van der Waals surface area contributed by atoms with Crippen molar-refractivity contribution in [3.8, 4) is 0 Å². The minimum Gasteiger partial charge on any atom is -0.314 e. The van der Waals surface area contributed by atoms with Crippen LogP contribution in [0.25, 0.3) is 0 Å². The van der Waals surface area contributed by atoms with Gasteiger partial charge in [0.1, 0.15) is 0 Å². The summed E-state index contributed by atoms with van der Waals surface area (Å²) in [5, 5.41) is 8.15. The minimum atomic E-state index is 0.723. The Morgan fingerprint density at radius 3 is 2.84 bits per heavy atom. The third kappa shape index (κ3) is 2.73. The van der Waals surface area contributed by atoms with Gasteiger partial charge in [0.2, 0.25) is 0 Å². The quantitative estimate of drug-likeness (QED) is 0.917. The molecule has 3 rings (SSSR count). The van der Waals surface area contributed by atoms with Crippen molar-refractivity contribution in [2.45, 2.75) is 38.8 Å². The van der Waals surface area contributed by atoms with Gasteiger partial charge in [-0.05, 0) is 41.1 Å². The van der Waals surface area contributed by atoms with Crippen molar-refractivity contribution in [3.63, 3.8) is 0 Å². The molecule has 1 aliphatic heterocycles. The van der Waals surface area contributed by atoms with E-state index in [4.69, 9.17) is 0 Å². The van der Waals surface area contributed by atoms with Crippen molar-refractivity contribution in [2.75, 3.05) is 19.6 Å². The molecule has 1 atom stereocenters. The van der Waals surface area contributed by atoms with Gasteiger partial charge in [-0.15, -0.1) is 0 Å². The fraction of sp³-hybridized carbons (Fsp3) is 0.786. The van der Waals surface area contributed by atoms with Gasteiger partial charge in [0.05, 0.1) is 15.9 Å². The Morgan fingerprint density at radius 1 is 1.42 bits per heavy atom. The highest BCUT2D eigenvalue weighted by molar-refractivity contribution is 9.10. The molecule has 1 unspecified atom stereocenters. The lowest BCUT2D eigenvalue weighted by Gasteiger charge is -2.36. The van der Waals surface area contributed by atoms with Crippen molar-refractivity contribution in [1.82, 2.24) is 20.0 Å². The van der Waals surface area contributed by atoms with Crippen molar-refractivity contribution in [1.29, 1.82) is 0 Å². The zero-order chi connectivity index (χ0) is 13.4. The fourth-order valence-corrected chi connectivity index (χ4v) is 3.84. The number of hydrogen-bond donors (Lipinski definition) is 1. The monoisotopic (exact) mass is 326 g/mol. The van der Waals surface area contributed by atoms with Crippen LogP contribution in [-0.4, -0.2) is 40.4 Å². The van der Waals surface area contributed by atoms with Crippen LogP contribution >= 0.6 is 15.9 Å². The zero-order valence-electron chi connectivity index (χ0n) is 11.8. The van der Waals surface area contributed by atoms with Crippen LogP contribution < -0.4 is 5.32 Å². The van der Waals surface area contributed by atoms with Crippen molar-refractivity contribution >= 4 is 15.9 Å². The maximum Gasteiger partial charge on any atom is 0.0767 e. The summed E-state index contributed by atoms with van der Waals surface area (Å²) >= 11 is 3.74. The third-order valence-electron chi connectivity index (χ3n) is 4.42. The SMILES string of the molecule is CCc1nn(C)c(CN2CCNCC2C2CC2)c1Br. The van der Waals surface area contributed by atoms with Crippen molar-refractivity contribution in [2.24, 2.45) is 13.0 Å². The molecule has 0 radical (unpaired) electrons. The lowest BCUT2D eigenvalue weighted by Crippen LogP contribution is -2.51. The summed E-state index contributed by atoms with van der Waals surface area (Å²) < 4.78 is 3.26. The van der Waals surface area contributed by atoms with Crippen molar-refractivity contribution in [3.05, 3.63) is 15.9 Å². The van der Waals surface area contributed by atoms with Crippen LogP contribution in [0.2, 0.25) is 0 Å². The summed E-state index contributed by atoms with van der Waals surface area (Å²) in [4.78, 5) is 2.65. The molecule has 0 spiro atoms. The fourth-order valence-electron chi connectivity index (χ4n) is 3.09. The molecular weight excluding hydrogens is 304 g/mol. The van der Waals surface area contributed by atoms with E-state index in [0.29, 0.717) is 0 Å². The molecule has 4 nitrogen and oxygen atoms in total. The van der Waals surface area contributed by atoms with Crippen LogP contribution in [0.15, 0.2) is 4.47 Å². The molecule has 0 aromatic carbocycles. The molecule has 1 aromatic heterocycles. The lowest BCUT2D eigenvalue weighted by molar-refractivity contribution is 0.132. The average molecular weight is 327 g/mol. The topological polar surface area (TPSA) is 33.1 Å². The molecular formula is C14H23BrN4. The summed E-state index contributed by atoms with van der Waals surface area (Å²) in [5.41, 5.74) is 2.50. The Morgan fingerprint density at radius 2 is 2.21 bits per heavy atom. The van der Waals surface area contributed by atoms with Crippen LogP contribution in [0, 0.1) is 5.92 Å². The van der Waals surface area contributed by atoms with Gasteiger partial charge in [-0.25, -0.2) is 0 Å². The normalized spacial score (nSPS) is 24.9. The molecule has 106 valence electrons. The Hall–Kier alpha value is -0.390. The number of nitrogens with one attached hydrogen (secondary N) is 1. The molecule has 5 heteroatoms. The van der Waals surface area contributed by atoms with E-state index in [1.165, 1.54) is 28.7 Å². The van der Waals surface area contributed by atoms with E-state index >= 15 is 0 Å². The molecule has 1 saturated heterocycles. The number of aryl methyl sites for hydroxylation is 2. The van der Waals surface area contributed by atoms with E-state index in [2.05, 4.69) is 49.9 Å². The Bertz CT molecular complexity index is 453. The van der Waals surface area contributed by atoms with Gasteiger partial charge < -0.3 is 5.32 Å². The number of nitrogens with zero attached hydrogens (tertiary/aromatic N) is 3. The Balaban J connectivity index is 1.77. The minimum absolute atomic E-state index is 0.723. The molecule has 0 bridgehead atoms. The third-order valence-corrected chi connectivity index (χ3v) is 5.34. The van der Waals surface area contributed by atoms with E-state index < -0.39 is 0 Å². The smallest absolute Gasteiger partial charge is 0.0767 e. The first kappa shape index (κ1) is 13.6. The van der Waals surface area contributed by atoms with Gasteiger partial charge in [-0.2, -0.15) is 5.10 Å². The van der Waals surface area contributed by atoms with Crippen molar-refractivity contribution < 1.29 is 0 Å². The highest BCUT2D eigenvalue weighted by Gasteiger charge is 2.37. The van der Waals surface area contributed by atoms with Gasteiger partial charge in [0.25, 0.3) is 0 Å². The van der Waals surface area contributed by atoms with Gasteiger partial charge in [0.15, 0.2) is 0 Å². The first-order valence-corrected chi connectivity index (χ1v) is 8.15. The van der Waals surface area contributed by atoms with Crippen LogP contribution in [0.3, 0.4) is 0 Å². The first-order chi connectivity index (χ1) is 9.20. The van der Waals surface area contributed by atoms with Gasteiger partial charge in [-0.1, -0.05) is 6.92 Å². The Kier molecular flexibility index (Phi) is 3.96. The van der Waals surface area contributed by atoms with Crippen LogP contribution in [0.5, 0.6) is 0 Å². The molecule has 19 heavy (non-hydrogen) atoms. The average Bonchev–Trinajstić information content (AvgIpc) is 3.22. The summed E-state index contributed by atoms with van der Waals surface area (Å²) in [6.07, 6.45) is 3.81. The molecule has 1 N–H and O–H groups in total. The van der Waals surface area contributed by atoms with Gasteiger partial charge in [0, 0.05) is 39.3 Å². The molecule has 2 fully saturated rings. The number of aromatic nitrogens is 2. The molecule has 1 aliphatic carbocycles. The summed E-state index contributed by atoms with van der Waals surface area (Å²) in [6, 6.07) is 0.723. The lowest BCUT2D eigenvalue weighted by atomic mass is 10.1. The van der Waals surface area contributed by atoms with Gasteiger partial charge in [-0.3, -0.25) is 9.58 Å². The van der Waals surface area contributed by atoms with Gasteiger partial charge >= 0.3 is 0 Å². The van der Waals surface area contributed by atoms with E-state index in [0.717, 1.165) is 44.6 Å². The van der Waals surface area contributed by atoms with E-state index in [9.17, 15) is 0 Å². The highest BCUT2D eigenvalue weighted by atomic mass is 79.9. The second-order valence-corrected chi connectivity index (χ2v) is 6.56. The summed E-state index contributed by atoms with van der Waals surface area (Å²) in [5.74, 6) is 0.922. The predicted molar refractivity (Wildman–Crippen MR) is 80.1 cm³/mol. The molecule has 1 saturated carbocycles. The maximum atomic E-state index is 4.61. The van der Waals surface area contributed by atoms with E-state index in [1.807, 2.05) is 0 Å². The second kappa shape index (κ2) is 5.54. The molecule has 2 heterocycles. The second-order valence-electron chi connectivity index (χ2n) is 5.76.